The van der Waals surface area contributed by atoms with Crippen LogP contribution >= 0.6 is 0 Å². The fourth-order valence-corrected chi connectivity index (χ4v) is 1.21. The molecule has 56 valence electrons. The molecule has 0 saturated carbocycles. The Morgan fingerprint density at radius 1 is 1.27 bits per heavy atom. The predicted molar refractivity (Wildman–Crippen MR) is 43.0 cm³/mol. The van der Waals surface area contributed by atoms with Gasteiger partial charge in [0.25, 0.3) is 0 Å². The summed E-state index contributed by atoms with van der Waals surface area (Å²) >= 11 is 0. The summed E-state index contributed by atoms with van der Waals surface area (Å²) in [5.74, 6) is -0.273. The summed E-state index contributed by atoms with van der Waals surface area (Å²) in [5, 5.41) is 0.924. The van der Waals surface area contributed by atoms with Crippen LogP contribution in [0.15, 0.2) is 24.3 Å². The molecule has 0 amide bonds. The number of fused-ring (bicyclic) bond motifs is 1. The van der Waals surface area contributed by atoms with Crippen molar-refractivity contribution in [3.63, 3.8) is 0 Å². The normalized spacial score (nSPS) is 10.7. The number of H-pyrrole nitrogens is 1. The van der Waals surface area contributed by atoms with Crippen molar-refractivity contribution in [1.29, 1.82) is 0 Å². The molecule has 1 aromatic heterocycles. The van der Waals surface area contributed by atoms with Gasteiger partial charge >= 0.3 is 0 Å². The molecule has 0 saturated heterocycles. The lowest BCUT2D eigenvalue weighted by Crippen LogP contribution is -1.71. The van der Waals surface area contributed by atoms with Crippen LogP contribution in [-0.4, -0.2) is 4.98 Å². The van der Waals surface area contributed by atoms with Gasteiger partial charge in [0.1, 0.15) is 0 Å². The Morgan fingerprint density at radius 3 is 2.91 bits per heavy atom. The zero-order valence-corrected chi connectivity index (χ0v) is 6.19. The first-order chi connectivity index (χ1) is 5.25. The molecule has 0 radical (unpaired) electrons. The van der Waals surface area contributed by atoms with Crippen LogP contribution in [0, 0.1) is 12.9 Å². The fraction of sp³-hybridized carbons (Fsp3) is 0.111. The molecule has 1 heterocycles. The lowest BCUT2D eigenvalue weighted by atomic mass is 10.2. The Bertz CT molecular complexity index is 389. The van der Waals surface area contributed by atoms with Gasteiger partial charge in [-0.25, -0.2) is 0 Å². The standard InChI is InChI=1S/C9H8FN/c1-6-2-3-7-5-9(10)11-8(7)4-6/h2-5,11H,1H3. The molecule has 0 atom stereocenters. The second kappa shape index (κ2) is 2.09. The Kier molecular flexibility index (Phi) is 1.22. The van der Waals surface area contributed by atoms with Crippen molar-refractivity contribution in [3.8, 4) is 0 Å². The third kappa shape index (κ3) is 1.00. The van der Waals surface area contributed by atoms with Crippen molar-refractivity contribution < 1.29 is 4.39 Å². The molecule has 1 N–H and O–H groups in total. The van der Waals surface area contributed by atoms with Gasteiger partial charge < -0.3 is 4.98 Å². The second-order valence-electron chi connectivity index (χ2n) is 2.71. The molecule has 0 aliphatic carbocycles. The Balaban J connectivity index is 2.82. The summed E-state index contributed by atoms with van der Waals surface area (Å²) in [6, 6.07) is 7.30. The summed E-state index contributed by atoms with van der Waals surface area (Å²) < 4.78 is 12.6. The number of aromatic amines is 1. The summed E-state index contributed by atoms with van der Waals surface area (Å²) in [7, 11) is 0. The molecule has 1 nitrogen and oxygen atoms in total. The van der Waals surface area contributed by atoms with E-state index < -0.39 is 0 Å². The highest BCUT2D eigenvalue weighted by Gasteiger charge is 1.97. The van der Waals surface area contributed by atoms with E-state index in [4.69, 9.17) is 0 Å². The van der Waals surface area contributed by atoms with Gasteiger partial charge in [0.15, 0.2) is 5.95 Å². The molecule has 2 aromatic rings. The number of aromatic nitrogens is 1. The van der Waals surface area contributed by atoms with Crippen LogP contribution in [-0.2, 0) is 0 Å². The topological polar surface area (TPSA) is 15.8 Å². The molecular weight excluding hydrogens is 141 g/mol. The highest BCUT2D eigenvalue weighted by Crippen LogP contribution is 2.15. The monoisotopic (exact) mass is 149 g/mol. The molecule has 0 unspecified atom stereocenters. The zero-order chi connectivity index (χ0) is 7.84. The number of aryl methyl sites for hydroxylation is 1. The zero-order valence-electron chi connectivity index (χ0n) is 6.19. The molecule has 0 bridgehead atoms. The summed E-state index contributed by atoms with van der Waals surface area (Å²) in [6.07, 6.45) is 0. The lowest BCUT2D eigenvalue weighted by molar-refractivity contribution is 0.595. The van der Waals surface area contributed by atoms with Crippen LogP contribution in [0.5, 0.6) is 0 Å². The maximum Gasteiger partial charge on any atom is 0.192 e. The number of benzene rings is 1. The fourth-order valence-electron chi connectivity index (χ4n) is 1.21. The van der Waals surface area contributed by atoms with Crippen molar-refractivity contribution in [2.24, 2.45) is 0 Å². The molecule has 0 aliphatic rings. The Labute approximate surface area is 63.9 Å². The first-order valence-electron chi connectivity index (χ1n) is 3.50. The largest absolute Gasteiger partial charge is 0.331 e. The first-order valence-corrected chi connectivity index (χ1v) is 3.50. The number of nitrogens with one attached hydrogen (secondary N) is 1. The van der Waals surface area contributed by atoms with Crippen LogP contribution in [0.4, 0.5) is 4.39 Å². The van der Waals surface area contributed by atoms with E-state index in [1.807, 2.05) is 25.1 Å². The van der Waals surface area contributed by atoms with E-state index in [1.165, 1.54) is 6.07 Å². The van der Waals surface area contributed by atoms with Gasteiger partial charge in [-0.3, -0.25) is 0 Å². The van der Waals surface area contributed by atoms with E-state index in [9.17, 15) is 4.39 Å². The van der Waals surface area contributed by atoms with Gasteiger partial charge in [-0.1, -0.05) is 12.1 Å². The minimum absolute atomic E-state index is 0.273. The predicted octanol–water partition coefficient (Wildman–Crippen LogP) is 2.62. The van der Waals surface area contributed by atoms with Crippen LogP contribution in [0.2, 0.25) is 0 Å². The quantitative estimate of drug-likeness (QED) is 0.592. The summed E-state index contributed by atoms with van der Waals surface area (Å²) in [6.45, 7) is 1.98. The van der Waals surface area contributed by atoms with Crippen molar-refractivity contribution in [3.05, 3.63) is 35.8 Å². The van der Waals surface area contributed by atoms with Crippen molar-refractivity contribution in [2.75, 3.05) is 0 Å². The molecule has 0 spiro atoms. The van der Waals surface area contributed by atoms with Gasteiger partial charge in [-0.05, 0) is 18.6 Å². The second-order valence-corrected chi connectivity index (χ2v) is 2.71. The van der Waals surface area contributed by atoms with Crippen molar-refractivity contribution in [1.82, 2.24) is 4.98 Å². The average molecular weight is 149 g/mol. The number of hydrogen-bond acceptors (Lipinski definition) is 0. The van der Waals surface area contributed by atoms with Gasteiger partial charge in [0.05, 0.1) is 0 Å². The van der Waals surface area contributed by atoms with E-state index in [1.54, 1.807) is 0 Å². The Hall–Kier alpha value is -1.31. The van der Waals surface area contributed by atoms with Crippen molar-refractivity contribution >= 4 is 10.9 Å². The molecule has 2 heteroatoms. The van der Waals surface area contributed by atoms with Crippen molar-refractivity contribution in [2.45, 2.75) is 6.92 Å². The minimum Gasteiger partial charge on any atom is -0.331 e. The highest BCUT2D eigenvalue weighted by molar-refractivity contribution is 5.79. The van der Waals surface area contributed by atoms with E-state index >= 15 is 0 Å². The summed E-state index contributed by atoms with van der Waals surface area (Å²) in [4.78, 5) is 2.63. The third-order valence-electron chi connectivity index (χ3n) is 1.75. The van der Waals surface area contributed by atoms with Crippen LogP contribution < -0.4 is 0 Å². The van der Waals surface area contributed by atoms with E-state index in [2.05, 4.69) is 4.98 Å². The maximum atomic E-state index is 12.6. The number of hydrogen-bond donors (Lipinski definition) is 1. The molecule has 0 fully saturated rings. The van der Waals surface area contributed by atoms with Gasteiger partial charge in [0.2, 0.25) is 0 Å². The minimum atomic E-state index is -0.273. The number of rotatable bonds is 0. The number of halogens is 1. The molecule has 2 rings (SSSR count). The van der Waals surface area contributed by atoms with Crippen LogP contribution in [0.1, 0.15) is 5.56 Å². The Morgan fingerprint density at radius 2 is 2.09 bits per heavy atom. The SMILES string of the molecule is Cc1ccc2cc(F)[nH]c2c1. The molecular formula is C9H8FN. The van der Waals surface area contributed by atoms with Crippen LogP contribution in [0.25, 0.3) is 10.9 Å². The van der Waals surface area contributed by atoms with Crippen LogP contribution in [0.3, 0.4) is 0 Å². The maximum absolute atomic E-state index is 12.6. The third-order valence-corrected chi connectivity index (χ3v) is 1.75. The van der Waals surface area contributed by atoms with Gasteiger partial charge in [0, 0.05) is 17.0 Å². The lowest BCUT2D eigenvalue weighted by Gasteiger charge is -1.90. The summed E-state index contributed by atoms with van der Waals surface area (Å²) in [5.41, 5.74) is 2.00. The highest BCUT2D eigenvalue weighted by atomic mass is 19.1. The first kappa shape index (κ1) is 6.40. The van der Waals surface area contributed by atoms with Gasteiger partial charge in [-0.15, -0.1) is 0 Å². The molecule has 1 aromatic carbocycles. The smallest absolute Gasteiger partial charge is 0.192 e. The van der Waals surface area contributed by atoms with E-state index in [0.29, 0.717) is 0 Å². The average Bonchev–Trinajstić information content (AvgIpc) is 2.27. The van der Waals surface area contributed by atoms with E-state index in [-0.39, 0.29) is 5.95 Å². The van der Waals surface area contributed by atoms with Gasteiger partial charge in [-0.2, -0.15) is 4.39 Å². The molecule has 11 heavy (non-hydrogen) atoms. The molecule has 0 aliphatic heterocycles. The van der Waals surface area contributed by atoms with E-state index in [0.717, 1.165) is 16.5 Å².